The number of anilines is 1. The van der Waals surface area contributed by atoms with E-state index in [1.54, 1.807) is 11.6 Å². The van der Waals surface area contributed by atoms with Crippen LogP contribution in [0, 0.1) is 6.92 Å². The Balaban J connectivity index is 0.00000196. The van der Waals surface area contributed by atoms with Crippen molar-refractivity contribution in [1.29, 1.82) is 0 Å². The summed E-state index contributed by atoms with van der Waals surface area (Å²) >= 11 is 0. The van der Waals surface area contributed by atoms with E-state index in [0.717, 1.165) is 0 Å². The van der Waals surface area contributed by atoms with Crippen molar-refractivity contribution in [2.75, 3.05) is 11.8 Å². The van der Waals surface area contributed by atoms with E-state index in [4.69, 9.17) is 4.74 Å². The van der Waals surface area contributed by atoms with Crippen LogP contribution >= 0.6 is 0 Å². The maximum Gasteiger partial charge on any atom is 1.00 e. The Kier molecular flexibility index (Phi) is 5.46. The van der Waals surface area contributed by atoms with Gasteiger partial charge in [0.05, 0.1) is 7.11 Å². The first-order valence-electron chi connectivity index (χ1n) is 3.54. The first-order valence-corrected chi connectivity index (χ1v) is 4.95. The molecule has 0 saturated heterocycles. The summed E-state index contributed by atoms with van der Waals surface area (Å²) in [5.41, 5.74) is 0.489. The third kappa shape index (κ3) is 5.28. The third-order valence-corrected chi connectivity index (χ3v) is 1.69. The van der Waals surface area contributed by atoms with Crippen molar-refractivity contribution in [3.63, 3.8) is 0 Å². The van der Waals surface area contributed by atoms with Gasteiger partial charge in [-0.25, -0.2) is 13.4 Å². The molecule has 0 unspecified atom stereocenters. The van der Waals surface area contributed by atoms with Crippen LogP contribution in [0.25, 0.3) is 0 Å². The quantitative estimate of drug-likeness (QED) is 0.438. The molecule has 78 valence electrons. The second-order valence-electron chi connectivity index (χ2n) is 2.43. The standard InChI is InChI=1S/C6H9N3O4S.Na/c1-4-3-5(13-2)8-6(7-4)9-14(10,11)12;/h3H,1-2H3,(H,7,8,9)(H,10,11,12);/q;+1/p-1. The van der Waals surface area contributed by atoms with E-state index in [1.165, 1.54) is 13.2 Å². The van der Waals surface area contributed by atoms with Crippen molar-refractivity contribution in [2.24, 2.45) is 0 Å². The van der Waals surface area contributed by atoms with Gasteiger partial charge in [-0.3, -0.25) is 4.72 Å². The Morgan fingerprint density at radius 3 is 2.53 bits per heavy atom. The normalized spacial score (nSPS) is 10.3. The van der Waals surface area contributed by atoms with Crippen molar-refractivity contribution in [1.82, 2.24) is 9.97 Å². The molecule has 1 heterocycles. The molecular formula is C6H8N3NaO4S. The molecule has 0 spiro atoms. The van der Waals surface area contributed by atoms with E-state index < -0.39 is 10.3 Å². The first kappa shape index (κ1) is 14.6. The van der Waals surface area contributed by atoms with Gasteiger partial charge in [0, 0.05) is 11.8 Å². The molecule has 1 N–H and O–H groups in total. The van der Waals surface area contributed by atoms with Crippen molar-refractivity contribution < 1.29 is 47.3 Å². The number of nitrogens with zero attached hydrogens (tertiary/aromatic N) is 2. The molecule has 1 aromatic heterocycles. The molecule has 0 saturated carbocycles. The molecule has 9 heteroatoms. The SMILES string of the molecule is COc1cc(C)nc(NS(=O)(=O)[O-])n1.[Na+]. The average Bonchev–Trinajstić information content (AvgIpc) is 1.99. The van der Waals surface area contributed by atoms with Gasteiger partial charge in [0.25, 0.3) is 0 Å². The van der Waals surface area contributed by atoms with Crippen molar-refractivity contribution in [3.05, 3.63) is 11.8 Å². The molecular weight excluding hydrogens is 233 g/mol. The summed E-state index contributed by atoms with van der Waals surface area (Å²) in [6.45, 7) is 1.62. The summed E-state index contributed by atoms with van der Waals surface area (Å²) in [5, 5.41) is 0. The Labute approximate surface area is 109 Å². The Bertz CT molecular complexity index is 436. The van der Waals surface area contributed by atoms with Crippen LogP contribution in [0.2, 0.25) is 0 Å². The third-order valence-electron chi connectivity index (χ3n) is 1.26. The number of aryl methyl sites for hydroxylation is 1. The molecule has 7 nitrogen and oxygen atoms in total. The summed E-state index contributed by atoms with van der Waals surface area (Å²) in [5.74, 6) is -0.111. The zero-order valence-corrected chi connectivity index (χ0v) is 11.3. The van der Waals surface area contributed by atoms with Crippen LogP contribution in [-0.4, -0.2) is 30.0 Å². The second kappa shape index (κ2) is 5.61. The first-order chi connectivity index (χ1) is 6.40. The molecule has 0 aliphatic rings. The summed E-state index contributed by atoms with van der Waals surface area (Å²) in [4.78, 5) is 7.30. The van der Waals surface area contributed by atoms with E-state index in [1.807, 2.05) is 0 Å². The smallest absolute Gasteiger partial charge is 0.731 e. The molecule has 0 aliphatic carbocycles. The van der Waals surface area contributed by atoms with Crippen LogP contribution in [0.5, 0.6) is 5.88 Å². The second-order valence-corrected chi connectivity index (χ2v) is 3.54. The number of ether oxygens (including phenoxy) is 1. The van der Waals surface area contributed by atoms with Crippen LogP contribution in [0.3, 0.4) is 0 Å². The molecule has 0 amide bonds. The minimum Gasteiger partial charge on any atom is -0.731 e. The van der Waals surface area contributed by atoms with Gasteiger partial charge in [-0.2, -0.15) is 4.98 Å². The van der Waals surface area contributed by atoms with E-state index in [0.29, 0.717) is 5.69 Å². The van der Waals surface area contributed by atoms with Gasteiger partial charge in [-0.05, 0) is 6.92 Å². The summed E-state index contributed by atoms with van der Waals surface area (Å²) in [6.07, 6.45) is 0. The van der Waals surface area contributed by atoms with Gasteiger partial charge in [0.15, 0.2) is 10.3 Å². The molecule has 1 rings (SSSR count). The van der Waals surface area contributed by atoms with Crippen molar-refractivity contribution >= 4 is 16.3 Å². The van der Waals surface area contributed by atoms with Gasteiger partial charge in [0.1, 0.15) is 0 Å². The monoisotopic (exact) mass is 241 g/mol. The Morgan fingerprint density at radius 1 is 1.47 bits per heavy atom. The zero-order valence-electron chi connectivity index (χ0n) is 8.51. The molecule has 0 atom stereocenters. The molecule has 0 bridgehead atoms. The number of methoxy groups -OCH3 is 1. The molecule has 0 fully saturated rings. The van der Waals surface area contributed by atoms with Gasteiger partial charge in [-0.15, -0.1) is 0 Å². The molecule has 0 aliphatic heterocycles. The topological polar surface area (TPSA) is 104 Å². The fourth-order valence-corrected chi connectivity index (χ4v) is 1.12. The predicted molar refractivity (Wildman–Crippen MR) is 46.6 cm³/mol. The number of nitrogens with one attached hydrogen (secondary N) is 1. The van der Waals surface area contributed by atoms with Crippen LogP contribution in [0.15, 0.2) is 6.07 Å². The van der Waals surface area contributed by atoms with Gasteiger partial charge in [-0.1, -0.05) is 0 Å². The summed E-state index contributed by atoms with van der Waals surface area (Å²) in [7, 11) is -3.23. The predicted octanol–water partition coefficient (Wildman–Crippen LogP) is -3.33. The van der Waals surface area contributed by atoms with Gasteiger partial charge in [0.2, 0.25) is 11.8 Å². The molecule has 15 heavy (non-hydrogen) atoms. The van der Waals surface area contributed by atoms with Crippen molar-refractivity contribution in [3.8, 4) is 5.88 Å². The number of hydrogen-bond donors (Lipinski definition) is 1. The molecule has 0 aromatic carbocycles. The minimum absolute atomic E-state index is 0. The van der Waals surface area contributed by atoms with Gasteiger partial charge >= 0.3 is 29.6 Å². The fraction of sp³-hybridized carbons (Fsp3) is 0.333. The largest absolute Gasteiger partial charge is 1.00 e. The maximum absolute atomic E-state index is 10.3. The van der Waals surface area contributed by atoms with E-state index >= 15 is 0 Å². The summed E-state index contributed by atoms with van der Waals surface area (Å²) in [6, 6.07) is 1.50. The average molecular weight is 241 g/mol. The molecule has 1 aromatic rings. The van der Waals surface area contributed by atoms with Crippen LogP contribution in [0.1, 0.15) is 5.69 Å². The maximum atomic E-state index is 10.3. The number of aromatic nitrogens is 2. The fourth-order valence-electron chi connectivity index (χ4n) is 0.802. The van der Waals surface area contributed by atoms with Crippen molar-refractivity contribution in [2.45, 2.75) is 6.92 Å². The Morgan fingerprint density at radius 2 is 2.07 bits per heavy atom. The van der Waals surface area contributed by atoms with E-state index in [2.05, 4.69) is 9.97 Å². The van der Waals surface area contributed by atoms with Crippen LogP contribution in [-0.2, 0) is 10.3 Å². The summed E-state index contributed by atoms with van der Waals surface area (Å²) < 4.78 is 37.3. The number of rotatable bonds is 3. The zero-order chi connectivity index (χ0) is 10.8. The van der Waals surface area contributed by atoms with Crippen LogP contribution in [0.4, 0.5) is 5.95 Å². The number of hydrogen-bond acceptors (Lipinski definition) is 6. The van der Waals surface area contributed by atoms with Crippen LogP contribution < -0.4 is 39.0 Å². The van der Waals surface area contributed by atoms with Gasteiger partial charge < -0.3 is 9.29 Å². The van der Waals surface area contributed by atoms with E-state index in [-0.39, 0.29) is 41.4 Å². The molecule has 0 radical (unpaired) electrons. The Hall–Kier alpha value is -0.410. The minimum atomic E-state index is -4.60. The van der Waals surface area contributed by atoms with E-state index in [9.17, 15) is 13.0 Å².